The van der Waals surface area contributed by atoms with E-state index in [4.69, 9.17) is 4.74 Å². The lowest BCUT2D eigenvalue weighted by atomic mass is 10.5. The summed E-state index contributed by atoms with van der Waals surface area (Å²) in [5, 5.41) is 0. The molecule has 0 saturated heterocycles. The first-order valence-corrected chi connectivity index (χ1v) is 4.10. The highest BCUT2D eigenvalue weighted by molar-refractivity contribution is 5.67. The number of ether oxygens (including phenoxy) is 1. The minimum Gasteiger partial charge on any atom is -0.450 e. The number of hydrogen-bond donors (Lipinski definition) is 0. The van der Waals surface area contributed by atoms with Crippen LogP contribution in [0.3, 0.4) is 0 Å². The van der Waals surface area contributed by atoms with Crippen molar-refractivity contribution >= 4 is 6.09 Å². The van der Waals surface area contributed by atoms with Crippen LogP contribution < -0.4 is 0 Å². The number of nitrogens with zero attached hydrogens (tertiary/aromatic N) is 2. The van der Waals surface area contributed by atoms with Gasteiger partial charge in [-0.1, -0.05) is 0 Å². The van der Waals surface area contributed by atoms with Crippen LogP contribution in [0.25, 0.3) is 0 Å². The quantitative estimate of drug-likeness (QED) is 0.627. The molecule has 0 aliphatic heterocycles. The summed E-state index contributed by atoms with van der Waals surface area (Å²) in [6.45, 7) is 3.80. The SMILES string of the molecule is CCOC(=O)N(C)CCN(C)C. The van der Waals surface area contributed by atoms with E-state index in [-0.39, 0.29) is 6.09 Å². The van der Waals surface area contributed by atoms with Gasteiger partial charge in [0.2, 0.25) is 0 Å². The van der Waals surface area contributed by atoms with Crippen LogP contribution >= 0.6 is 0 Å². The molecule has 0 aliphatic carbocycles. The molecule has 0 N–H and O–H groups in total. The Bertz CT molecular complexity index is 137. The molecular weight excluding hydrogens is 156 g/mol. The maximum atomic E-state index is 11.0. The second-order valence-corrected chi connectivity index (χ2v) is 2.92. The average molecular weight is 174 g/mol. The summed E-state index contributed by atoms with van der Waals surface area (Å²) in [5.74, 6) is 0. The van der Waals surface area contributed by atoms with E-state index < -0.39 is 0 Å². The first-order valence-electron chi connectivity index (χ1n) is 4.10. The van der Waals surface area contributed by atoms with Gasteiger partial charge in [-0.25, -0.2) is 4.79 Å². The lowest BCUT2D eigenvalue weighted by Gasteiger charge is -2.18. The highest BCUT2D eigenvalue weighted by Gasteiger charge is 2.07. The Morgan fingerprint density at radius 1 is 1.25 bits per heavy atom. The normalized spacial score (nSPS) is 10.1. The Labute approximate surface area is 74.1 Å². The Balaban J connectivity index is 3.56. The molecule has 0 unspecified atom stereocenters. The van der Waals surface area contributed by atoms with Gasteiger partial charge in [0.05, 0.1) is 6.61 Å². The van der Waals surface area contributed by atoms with Crippen LogP contribution in [0, 0.1) is 0 Å². The van der Waals surface area contributed by atoms with Crippen LogP contribution in [-0.4, -0.2) is 56.7 Å². The predicted octanol–water partition coefficient (Wildman–Crippen LogP) is 0.636. The van der Waals surface area contributed by atoms with Gasteiger partial charge in [-0.15, -0.1) is 0 Å². The molecule has 0 spiro atoms. The van der Waals surface area contributed by atoms with Gasteiger partial charge in [0.15, 0.2) is 0 Å². The van der Waals surface area contributed by atoms with Gasteiger partial charge in [-0.3, -0.25) is 0 Å². The number of rotatable bonds is 4. The summed E-state index contributed by atoms with van der Waals surface area (Å²) in [6.07, 6.45) is -0.251. The fraction of sp³-hybridized carbons (Fsp3) is 0.875. The van der Waals surface area contributed by atoms with Gasteiger partial charge in [-0.05, 0) is 21.0 Å². The topological polar surface area (TPSA) is 32.8 Å². The molecule has 0 aromatic carbocycles. The maximum Gasteiger partial charge on any atom is 0.409 e. The van der Waals surface area contributed by atoms with Gasteiger partial charge in [0.25, 0.3) is 0 Å². The Morgan fingerprint density at radius 3 is 2.25 bits per heavy atom. The van der Waals surface area contributed by atoms with Crippen LogP contribution in [-0.2, 0) is 4.74 Å². The molecule has 0 aliphatic rings. The van der Waals surface area contributed by atoms with E-state index in [0.717, 1.165) is 6.54 Å². The molecule has 0 saturated carbocycles. The fourth-order valence-corrected chi connectivity index (χ4v) is 0.675. The molecule has 1 amide bonds. The summed E-state index contributed by atoms with van der Waals surface area (Å²) in [4.78, 5) is 14.6. The van der Waals surface area contributed by atoms with Crippen LogP contribution in [0.4, 0.5) is 4.79 Å². The molecule has 0 heterocycles. The van der Waals surface area contributed by atoms with E-state index >= 15 is 0 Å². The van der Waals surface area contributed by atoms with Crippen molar-refractivity contribution in [2.24, 2.45) is 0 Å². The molecule has 0 fully saturated rings. The van der Waals surface area contributed by atoms with Crippen molar-refractivity contribution < 1.29 is 9.53 Å². The molecule has 0 bridgehead atoms. The maximum absolute atomic E-state index is 11.0. The predicted molar refractivity (Wildman–Crippen MR) is 48.2 cm³/mol. The molecule has 0 aromatic rings. The van der Waals surface area contributed by atoms with Crippen molar-refractivity contribution in [3.8, 4) is 0 Å². The molecule has 0 atom stereocenters. The highest BCUT2D eigenvalue weighted by atomic mass is 16.5. The summed E-state index contributed by atoms with van der Waals surface area (Å²) in [6, 6.07) is 0. The lowest BCUT2D eigenvalue weighted by Crippen LogP contribution is -2.33. The van der Waals surface area contributed by atoms with Crippen molar-refractivity contribution in [3.05, 3.63) is 0 Å². The lowest BCUT2D eigenvalue weighted by molar-refractivity contribution is 0.114. The number of hydrogen-bond acceptors (Lipinski definition) is 3. The van der Waals surface area contributed by atoms with E-state index in [0.29, 0.717) is 13.2 Å². The third-order valence-electron chi connectivity index (χ3n) is 1.46. The summed E-state index contributed by atoms with van der Waals surface area (Å²) in [7, 11) is 5.68. The minimum absolute atomic E-state index is 0.251. The summed E-state index contributed by atoms with van der Waals surface area (Å²) in [5.41, 5.74) is 0. The molecule has 72 valence electrons. The van der Waals surface area contributed by atoms with Gasteiger partial charge in [0.1, 0.15) is 0 Å². The van der Waals surface area contributed by atoms with Gasteiger partial charge < -0.3 is 14.5 Å². The second kappa shape index (κ2) is 5.83. The molecule has 4 heteroatoms. The number of carbonyl (C=O) groups is 1. The van der Waals surface area contributed by atoms with E-state index in [2.05, 4.69) is 0 Å². The molecule has 4 nitrogen and oxygen atoms in total. The Kier molecular flexibility index (Phi) is 5.45. The van der Waals surface area contributed by atoms with Crippen molar-refractivity contribution in [3.63, 3.8) is 0 Å². The highest BCUT2D eigenvalue weighted by Crippen LogP contribution is 1.89. The third kappa shape index (κ3) is 4.96. The Morgan fingerprint density at radius 2 is 1.83 bits per heavy atom. The molecule has 12 heavy (non-hydrogen) atoms. The van der Waals surface area contributed by atoms with Gasteiger partial charge >= 0.3 is 6.09 Å². The van der Waals surface area contributed by atoms with E-state index in [1.54, 1.807) is 18.9 Å². The standard InChI is InChI=1S/C8H18N2O2/c1-5-12-8(11)10(4)7-6-9(2)3/h5-7H2,1-4H3. The zero-order valence-electron chi connectivity index (χ0n) is 8.33. The zero-order chi connectivity index (χ0) is 9.56. The van der Waals surface area contributed by atoms with Gasteiger partial charge in [-0.2, -0.15) is 0 Å². The zero-order valence-corrected chi connectivity index (χ0v) is 8.33. The molecular formula is C8H18N2O2. The fourth-order valence-electron chi connectivity index (χ4n) is 0.675. The third-order valence-corrected chi connectivity index (χ3v) is 1.46. The van der Waals surface area contributed by atoms with Crippen LogP contribution in [0.5, 0.6) is 0 Å². The van der Waals surface area contributed by atoms with Crippen LogP contribution in [0.15, 0.2) is 0 Å². The first kappa shape index (κ1) is 11.2. The first-order chi connectivity index (χ1) is 5.57. The monoisotopic (exact) mass is 174 g/mol. The van der Waals surface area contributed by atoms with Crippen molar-refractivity contribution in [2.75, 3.05) is 40.8 Å². The van der Waals surface area contributed by atoms with E-state index in [1.165, 1.54) is 0 Å². The van der Waals surface area contributed by atoms with Crippen molar-refractivity contribution in [2.45, 2.75) is 6.92 Å². The number of likely N-dealkylation sites (N-methyl/N-ethyl adjacent to an activating group) is 2. The van der Waals surface area contributed by atoms with Crippen molar-refractivity contribution in [1.29, 1.82) is 0 Å². The van der Waals surface area contributed by atoms with Gasteiger partial charge in [0, 0.05) is 20.1 Å². The molecule has 0 radical (unpaired) electrons. The summed E-state index contributed by atoms with van der Waals surface area (Å²) < 4.78 is 4.80. The van der Waals surface area contributed by atoms with E-state index in [9.17, 15) is 4.79 Å². The average Bonchev–Trinajstić information content (AvgIpc) is 2.00. The largest absolute Gasteiger partial charge is 0.450 e. The summed E-state index contributed by atoms with van der Waals surface area (Å²) >= 11 is 0. The molecule has 0 aromatic heterocycles. The Hall–Kier alpha value is -0.770. The minimum atomic E-state index is -0.251. The number of amides is 1. The van der Waals surface area contributed by atoms with Crippen LogP contribution in [0.2, 0.25) is 0 Å². The van der Waals surface area contributed by atoms with Crippen LogP contribution in [0.1, 0.15) is 6.92 Å². The smallest absolute Gasteiger partial charge is 0.409 e. The van der Waals surface area contributed by atoms with E-state index in [1.807, 2.05) is 19.0 Å². The molecule has 0 rings (SSSR count). The van der Waals surface area contributed by atoms with Crippen molar-refractivity contribution in [1.82, 2.24) is 9.80 Å². The number of carbonyl (C=O) groups excluding carboxylic acids is 1. The second-order valence-electron chi connectivity index (χ2n) is 2.92.